The zero-order valence-corrected chi connectivity index (χ0v) is 18.2. The van der Waals surface area contributed by atoms with Gasteiger partial charge in [0.25, 0.3) is 0 Å². The van der Waals surface area contributed by atoms with Gasteiger partial charge in [-0.2, -0.15) is 4.99 Å². The smallest absolute Gasteiger partial charge is 0.248 e. The first-order valence-electron chi connectivity index (χ1n) is 8.83. The summed E-state index contributed by atoms with van der Waals surface area (Å²) in [5, 5.41) is 0. The van der Waals surface area contributed by atoms with Gasteiger partial charge in [0.15, 0.2) is 14.6 Å². The maximum atomic E-state index is 12.2. The summed E-state index contributed by atoms with van der Waals surface area (Å²) in [7, 11) is -1.36. The minimum atomic E-state index is -3.24. The number of aromatic nitrogens is 1. The maximum absolute atomic E-state index is 12.2. The molecule has 0 aliphatic carbocycles. The second kappa shape index (κ2) is 9.07. The molecule has 1 aromatic heterocycles. The van der Waals surface area contributed by atoms with Crippen LogP contribution in [0.15, 0.2) is 58.4 Å². The minimum absolute atomic E-state index is 0.00220. The molecule has 0 saturated heterocycles. The molecule has 8 heteroatoms. The Labute approximate surface area is 173 Å². The first-order chi connectivity index (χ1) is 13.4. The van der Waals surface area contributed by atoms with Crippen molar-refractivity contribution in [2.45, 2.75) is 23.5 Å². The molecule has 0 spiro atoms. The Morgan fingerprint density at radius 3 is 2.64 bits per heavy atom. The first kappa shape index (κ1) is 20.8. The zero-order chi connectivity index (χ0) is 20.1. The molecule has 0 saturated carbocycles. The summed E-state index contributed by atoms with van der Waals surface area (Å²) >= 11 is 3.14. The number of thiazole rings is 1. The van der Waals surface area contributed by atoms with Crippen molar-refractivity contribution in [1.29, 1.82) is 0 Å². The molecule has 0 aliphatic heterocycles. The average Bonchev–Trinajstić information content (AvgIpc) is 2.96. The van der Waals surface area contributed by atoms with E-state index in [1.54, 1.807) is 23.9 Å². The van der Waals surface area contributed by atoms with Crippen molar-refractivity contribution in [1.82, 2.24) is 4.57 Å². The largest absolute Gasteiger partial charge is 0.319 e. The summed E-state index contributed by atoms with van der Waals surface area (Å²) in [6.45, 7) is 0. The Balaban J connectivity index is 1.64. The van der Waals surface area contributed by atoms with Crippen LogP contribution in [-0.2, 0) is 27.4 Å². The van der Waals surface area contributed by atoms with Crippen LogP contribution in [-0.4, -0.2) is 30.9 Å². The highest BCUT2D eigenvalue weighted by atomic mass is 32.2. The summed E-state index contributed by atoms with van der Waals surface area (Å²) < 4.78 is 27.4. The summed E-state index contributed by atoms with van der Waals surface area (Å²) in [6, 6.07) is 15.2. The molecular formula is C20H22N2O3S3. The Morgan fingerprint density at radius 2 is 1.93 bits per heavy atom. The van der Waals surface area contributed by atoms with Crippen molar-refractivity contribution >= 4 is 49.1 Å². The predicted molar refractivity (Wildman–Crippen MR) is 116 cm³/mol. The first-order valence-corrected chi connectivity index (χ1v) is 12.7. The monoisotopic (exact) mass is 434 g/mol. The van der Waals surface area contributed by atoms with E-state index >= 15 is 0 Å². The number of fused-ring (bicyclic) bond motifs is 1. The van der Waals surface area contributed by atoms with E-state index in [0.29, 0.717) is 4.80 Å². The van der Waals surface area contributed by atoms with Crippen molar-refractivity contribution in [2.75, 3.05) is 12.0 Å². The Kier molecular flexibility index (Phi) is 6.74. The molecule has 0 unspecified atom stereocenters. The Hall–Kier alpha value is -1.90. The van der Waals surface area contributed by atoms with Crippen molar-refractivity contribution in [3.05, 3.63) is 58.9 Å². The van der Waals surface area contributed by atoms with Crippen molar-refractivity contribution in [3.8, 4) is 0 Å². The minimum Gasteiger partial charge on any atom is -0.319 e. The lowest BCUT2D eigenvalue weighted by Gasteiger charge is -2.03. The van der Waals surface area contributed by atoms with Gasteiger partial charge in [0.2, 0.25) is 5.91 Å². The van der Waals surface area contributed by atoms with Gasteiger partial charge in [0.05, 0.1) is 21.7 Å². The van der Waals surface area contributed by atoms with Gasteiger partial charge in [-0.1, -0.05) is 41.7 Å². The molecule has 0 bridgehead atoms. The average molecular weight is 435 g/mol. The second-order valence-electron chi connectivity index (χ2n) is 6.46. The van der Waals surface area contributed by atoms with E-state index in [0.717, 1.165) is 20.7 Å². The number of nitrogens with zero attached hydrogens (tertiary/aromatic N) is 2. The van der Waals surface area contributed by atoms with Gasteiger partial charge in [0, 0.05) is 18.4 Å². The fraction of sp³-hybridized carbons (Fsp3) is 0.300. The normalized spacial score (nSPS) is 12.6. The van der Waals surface area contributed by atoms with Gasteiger partial charge in [-0.15, -0.1) is 11.8 Å². The fourth-order valence-corrected chi connectivity index (χ4v) is 5.87. The van der Waals surface area contributed by atoms with E-state index in [9.17, 15) is 13.2 Å². The van der Waals surface area contributed by atoms with Gasteiger partial charge in [0.1, 0.15) is 0 Å². The molecular weight excluding hydrogens is 412 g/mol. The quantitative estimate of drug-likeness (QED) is 0.531. The van der Waals surface area contributed by atoms with Crippen LogP contribution in [0.5, 0.6) is 0 Å². The lowest BCUT2D eigenvalue weighted by Crippen LogP contribution is -2.14. The number of hydrogen-bond donors (Lipinski definition) is 0. The molecule has 1 heterocycles. The molecule has 0 radical (unpaired) electrons. The van der Waals surface area contributed by atoms with Crippen LogP contribution >= 0.6 is 23.1 Å². The van der Waals surface area contributed by atoms with Crippen LogP contribution in [0.1, 0.15) is 18.4 Å². The predicted octanol–water partition coefficient (Wildman–Crippen LogP) is 3.78. The third-order valence-corrected chi connectivity index (χ3v) is 7.82. The highest BCUT2D eigenvalue weighted by Crippen LogP contribution is 2.23. The van der Waals surface area contributed by atoms with E-state index in [2.05, 4.69) is 11.1 Å². The highest BCUT2D eigenvalue weighted by molar-refractivity contribution is 7.98. The number of thioether (sulfide) groups is 1. The van der Waals surface area contributed by atoms with Crippen LogP contribution in [0.2, 0.25) is 0 Å². The third kappa shape index (κ3) is 5.33. The van der Waals surface area contributed by atoms with Crippen molar-refractivity contribution in [3.63, 3.8) is 0 Å². The molecule has 148 valence electrons. The van der Waals surface area contributed by atoms with E-state index in [1.807, 2.05) is 48.2 Å². The van der Waals surface area contributed by atoms with E-state index in [4.69, 9.17) is 0 Å². The number of aryl methyl sites for hydroxylation is 1. The topological polar surface area (TPSA) is 68.5 Å². The summed E-state index contributed by atoms with van der Waals surface area (Å²) in [4.78, 5) is 18.2. The Bertz CT molecular complexity index is 1150. The van der Waals surface area contributed by atoms with Crippen molar-refractivity contribution < 1.29 is 13.2 Å². The Morgan fingerprint density at radius 1 is 1.18 bits per heavy atom. The maximum Gasteiger partial charge on any atom is 0.248 e. The molecule has 3 aromatic rings. The summed E-state index contributed by atoms with van der Waals surface area (Å²) in [5.41, 5.74) is 1.79. The van der Waals surface area contributed by atoms with E-state index in [-0.39, 0.29) is 30.3 Å². The summed E-state index contributed by atoms with van der Waals surface area (Å²) in [6.07, 6.45) is 2.43. The van der Waals surface area contributed by atoms with Gasteiger partial charge in [-0.3, -0.25) is 4.79 Å². The molecule has 2 aromatic carbocycles. The van der Waals surface area contributed by atoms with E-state index < -0.39 is 9.84 Å². The lowest BCUT2D eigenvalue weighted by atomic mass is 10.2. The number of carbonyl (C=O) groups is 1. The van der Waals surface area contributed by atoms with Crippen molar-refractivity contribution in [2.24, 2.45) is 12.0 Å². The number of benzene rings is 2. The summed E-state index contributed by atoms with van der Waals surface area (Å²) in [5.74, 6) is -0.303. The second-order valence-corrected chi connectivity index (χ2v) is 10.5. The van der Waals surface area contributed by atoms with Crippen LogP contribution in [0, 0.1) is 0 Å². The van der Waals surface area contributed by atoms with Crippen LogP contribution in [0.3, 0.4) is 0 Å². The number of amides is 1. The molecule has 1 amide bonds. The lowest BCUT2D eigenvalue weighted by molar-refractivity contribution is -0.118. The van der Waals surface area contributed by atoms with E-state index in [1.165, 1.54) is 11.3 Å². The molecule has 5 nitrogen and oxygen atoms in total. The molecule has 3 rings (SSSR count). The van der Waals surface area contributed by atoms with Gasteiger partial charge in [-0.05, 0) is 36.4 Å². The van der Waals surface area contributed by atoms with Crippen LogP contribution in [0.4, 0.5) is 0 Å². The molecule has 0 N–H and O–H groups in total. The van der Waals surface area contributed by atoms with Gasteiger partial charge in [-0.25, -0.2) is 8.42 Å². The zero-order valence-electron chi connectivity index (χ0n) is 15.8. The molecule has 0 fully saturated rings. The number of carbonyl (C=O) groups excluding carboxylic acids is 1. The van der Waals surface area contributed by atoms with Gasteiger partial charge >= 0.3 is 0 Å². The molecule has 0 atom stereocenters. The van der Waals surface area contributed by atoms with Crippen LogP contribution < -0.4 is 4.80 Å². The van der Waals surface area contributed by atoms with Gasteiger partial charge < -0.3 is 4.57 Å². The molecule has 28 heavy (non-hydrogen) atoms. The number of rotatable bonds is 7. The molecule has 0 aliphatic rings. The fourth-order valence-electron chi connectivity index (χ4n) is 2.85. The van der Waals surface area contributed by atoms with Crippen LogP contribution in [0.25, 0.3) is 10.2 Å². The third-order valence-electron chi connectivity index (χ3n) is 4.31. The number of hydrogen-bond acceptors (Lipinski definition) is 5. The highest BCUT2D eigenvalue weighted by Gasteiger charge is 2.13. The number of sulfone groups is 1. The SMILES string of the molecule is CSc1ccc2c(c1)sc(=NC(=O)CCCS(=O)(=O)Cc1ccccc1)n2C. The standard InChI is InChI=1S/C20H22N2O3S3/c1-22-17-11-10-16(26-2)13-18(17)27-20(22)21-19(23)9-6-12-28(24,25)14-15-7-4-3-5-8-15/h3-5,7-8,10-11,13H,6,9,12,14H2,1-2H3.